The van der Waals surface area contributed by atoms with E-state index in [9.17, 15) is 9.59 Å². The molecule has 0 aliphatic rings. The van der Waals surface area contributed by atoms with Crippen molar-refractivity contribution in [2.75, 3.05) is 20.2 Å². The summed E-state index contributed by atoms with van der Waals surface area (Å²) in [6, 6.07) is 0. The molecule has 0 radical (unpaired) electrons. The summed E-state index contributed by atoms with van der Waals surface area (Å²) in [5, 5.41) is 0. The quantitative estimate of drug-likeness (QED) is 0.459. The summed E-state index contributed by atoms with van der Waals surface area (Å²) >= 11 is 0. The molecule has 0 heterocycles. The molecule has 0 saturated heterocycles. The molecule has 0 saturated carbocycles. The van der Waals surface area contributed by atoms with Crippen molar-refractivity contribution in [1.29, 1.82) is 0 Å². The maximum absolute atomic E-state index is 11.1. The molecule has 0 aromatic carbocycles. The maximum atomic E-state index is 11.1. The second-order valence-electron chi connectivity index (χ2n) is 2.45. The highest BCUT2D eigenvalue weighted by molar-refractivity contribution is 6.32. The smallest absolute Gasteiger partial charge is 0.396 e. The van der Waals surface area contributed by atoms with Crippen LogP contribution in [0.3, 0.4) is 0 Å². The van der Waals surface area contributed by atoms with Crippen molar-refractivity contribution in [1.82, 2.24) is 4.90 Å². The lowest BCUT2D eigenvalue weighted by Crippen LogP contribution is -2.35. The Bertz CT molecular complexity index is 168. The number of esters is 1. The molecular weight excluding hydrogens is 158 g/mol. The van der Waals surface area contributed by atoms with Gasteiger partial charge in [0.05, 0.1) is 6.61 Å². The van der Waals surface area contributed by atoms with Crippen molar-refractivity contribution >= 4 is 11.9 Å². The molecule has 0 aliphatic carbocycles. The summed E-state index contributed by atoms with van der Waals surface area (Å²) in [6.45, 7) is 4.43. The summed E-state index contributed by atoms with van der Waals surface area (Å²) < 4.78 is 4.54. The highest BCUT2D eigenvalue weighted by atomic mass is 16.5. The number of nitrogens with zero attached hydrogens (tertiary/aromatic N) is 1. The van der Waals surface area contributed by atoms with Gasteiger partial charge in [0.1, 0.15) is 0 Å². The summed E-state index contributed by atoms with van der Waals surface area (Å²) in [5.74, 6) is -1.34. The zero-order valence-corrected chi connectivity index (χ0v) is 7.79. The zero-order chi connectivity index (χ0) is 9.56. The molecule has 0 unspecified atom stereocenters. The lowest BCUT2D eigenvalue weighted by atomic mass is 10.4. The van der Waals surface area contributed by atoms with Gasteiger partial charge < -0.3 is 9.64 Å². The van der Waals surface area contributed by atoms with E-state index in [0.29, 0.717) is 6.54 Å². The summed E-state index contributed by atoms with van der Waals surface area (Å²) in [6.07, 6.45) is 0.835. The highest BCUT2D eigenvalue weighted by Gasteiger charge is 2.18. The molecule has 0 fully saturated rings. The van der Waals surface area contributed by atoms with E-state index in [2.05, 4.69) is 4.74 Å². The summed E-state index contributed by atoms with van der Waals surface area (Å²) in [5.41, 5.74) is 0. The van der Waals surface area contributed by atoms with Crippen molar-refractivity contribution in [2.24, 2.45) is 0 Å². The van der Waals surface area contributed by atoms with Crippen LogP contribution in [0.1, 0.15) is 20.3 Å². The number of hydrogen-bond donors (Lipinski definition) is 0. The fourth-order valence-corrected chi connectivity index (χ4v) is 0.786. The van der Waals surface area contributed by atoms with Crippen molar-refractivity contribution in [3.63, 3.8) is 0 Å². The van der Waals surface area contributed by atoms with E-state index < -0.39 is 11.9 Å². The van der Waals surface area contributed by atoms with Gasteiger partial charge in [-0.05, 0) is 13.3 Å². The predicted octanol–water partition coefficient (Wildman–Crippen LogP) is 0.418. The number of likely N-dealkylation sites (N-methyl/N-ethyl adjacent to an activating group) is 1. The van der Waals surface area contributed by atoms with Crippen molar-refractivity contribution in [3.8, 4) is 0 Å². The summed E-state index contributed by atoms with van der Waals surface area (Å²) in [7, 11) is 1.59. The van der Waals surface area contributed by atoms with Crippen LogP contribution < -0.4 is 0 Å². The molecule has 4 nitrogen and oxygen atoms in total. The van der Waals surface area contributed by atoms with Crippen LogP contribution in [0.25, 0.3) is 0 Å². The number of ether oxygens (including phenoxy) is 1. The highest BCUT2D eigenvalue weighted by Crippen LogP contribution is 1.90. The normalized spacial score (nSPS) is 9.25. The van der Waals surface area contributed by atoms with Crippen LogP contribution in [0.2, 0.25) is 0 Å². The molecule has 4 heteroatoms. The average Bonchev–Trinajstić information content (AvgIpc) is 2.04. The Morgan fingerprint density at radius 3 is 2.33 bits per heavy atom. The first-order valence-corrected chi connectivity index (χ1v) is 4.05. The van der Waals surface area contributed by atoms with Gasteiger partial charge in [-0.1, -0.05) is 6.92 Å². The lowest BCUT2D eigenvalue weighted by molar-refractivity contribution is -0.159. The van der Waals surface area contributed by atoms with Crippen LogP contribution in [0, 0.1) is 0 Å². The van der Waals surface area contributed by atoms with Gasteiger partial charge in [-0.3, -0.25) is 4.79 Å². The largest absolute Gasteiger partial charge is 0.459 e. The Labute approximate surface area is 72.5 Å². The van der Waals surface area contributed by atoms with Crippen LogP contribution in [0.15, 0.2) is 0 Å². The number of amides is 1. The first kappa shape index (κ1) is 10.9. The van der Waals surface area contributed by atoms with Gasteiger partial charge in [-0.2, -0.15) is 0 Å². The van der Waals surface area contributed by atoms with E-state index in [1.165, 1.54) is 4.90 Å². The first-order chi connectivity index (χ1) is 5.63. The minimum atomic E-state index is -0.770. The second-order valence-corrected chi connectivity index (χ2v) is 2.45. The van der Waals surface area contributed by atoms with E-state index in [1.807, 2.05) is 6.92 Å². The minimum Gasteiger partial charge on any atom is -0.459 e. The maximum Gasteiger partial charge on any atom is 0.396 e. The topological polar surface area (TPSA) is 46.6 Å². The summed E-state index contributed by atoms with van der Waals surface area (Å²) in [4.78, 5) is 23.3. The molecule has 0 aromatic rings. The van der Waals surface area contributed by atoms with E-state index >= 15 is 0 Å². The predicted molar refractivity (Wildman–Crippen MR) is 44.6 cm³/mol. The monoisotopic (exact) mass is 173 g/mol. The average molecular weight is 173 g/mol. The molecule has 0 atom stereocenters. The van der Waals surface area contributed by atoms with Crippen LogP contribution in [-0.4, -0.2) is 37.0 Å². The second kappa shape index (κ2) is 5.57. The van der Waals surface area contributed by atoms with E-state index in [1.54, 1.807) is 14.0 Å². The Hall–Kier alpha value is -1.06. The number of carbonyl (C=O) groups is 2. The standard InChI is InChI=1S/C8H15NO3/c1-4-6-9(3)7(10)8(11)12-5-2/h4-6H2,1-3H3. The Kier molecular flexibility index (Phi) is 5.08. The Morgan fingerprint density at radius 1 is 1.33 bits per heavy atom. The van der Waals surface area contributed by atoms with Crippen molar-refractivity contribution in [3.05, 3.63) is 0 Å². The SMILES string of the molecule is CCCN(C)C(=O)C(=O)OCC. The van der Waals surface area contributed by atoms with Crippen molar-refractivity contribution in [2.45, 2.75) is 20.3 Å². The van der Waals surface area contributed by atoms with Gasteiger partial charge >= 0.3 is 11.9 Å². The van der Waals surface area contributed by atoms with Gasteiger partial charge in [0, 0.05) is 13.6 Å². The molecule has 1 amide bonds. The fourth-order valence-electron chi connectivity index (χ4n) is 0.786. The molecule has 12 heavy (non-hydrogen) atoms. The van der Waals surface area contributed by atoms with Gasteiger partial charge in [-0.15, -0.1) is 0 Å². The van der Waals surface area contributed by atoms with Crippen LogP contribution in [-0.2, 0) is 14.3 Å². The minimum absolute atomic E-state index is 0.241. The molecule has 70 valence electrons. The zero-order valence-electron chi connectivity index (χ0n) is 7.79. The third-order valence-corrected chi connectivity index (χ3v) is 1.36. The molecule has 0 N–H and O–H groups in total. The molecule has 0 aliphatic heterocycles. The lowest BCUT2D eigenvalue weighted by Gasteiger charge is -2.13. The molecule has 0 spiro atoms. The Balaban J connectivity index is 3.91. The van der Waals surface area contributed by atoms with Gasteiger partial charge in [0.2, 0.25) is 0 Å². The van der Waals surface area contributed by atoms with Crippen molar-refractivity contribution < 1.29 is 14.3 Å². The van der Waals surface area contributed by atoms with Gasteiger partial charge in [0.25, 0.3) is 0 Å². The van der Waals surface area contributed by atoms with E-state index in [0.717, 1.165) is 6.42 Å². The first-order valence-electron chi connectivity index (χ1n) is 4.05. The number of hydrogen-bond acceptors (Lipinski definition) is 3. The van der Waals surface area contributed by atoms with Gasteiger partial charge in [0.15, 0.2) is 0 Å². The third kappa shape index (κ3) is 3.37. The fraction of sp³-hybridized carbons (Fsp3) is 0.750. The molecule has 0 aromatic heterocycles. The molecule has 0 bridgehead atoms. The van der Waals surface area contributed by atoms with Gasteiger partial charge in [-0.25, -0.2) is 4.79 Å². The Morgan fingerprint density at radius 2 is 1.92 bits per heavy atom. The van der Waals surface area contributed by atoms with Crippen LogP contribution >= 0.6 is 0 Å². The molecule has 0 rings (SSSR count). The van der Waals surface area contributed by atoms with E-state index in [4.69, 9.17) is 0 Å². The number of rotatable bonds is 3. The molecular formula is C8H15NO3. The third-order valence-electron chi connectivity index (χ3n) is 1.36. The number of carbonyl (C=O) groups excluding carboxylic acids is 2. The van der Waals surface area contributed by atoms with Crippen LogP contribution in [0.5, 0.6) is 0 Å². The van der Waals surface area contributed by atoms with Crippen LogP contribution in [0.4, 0.5) is 0 Å². The van der Waals surface area contributed by atoms with E-state index in [-0.39, 0.29) is 6.61 Å².